The summed E-state index contributed by atoms with van der Waals surface area (Å²) in [5.74, 6) is 0. The summed E-state index contributed by atoms with van der Waals surface area (Å²) < 4.78 is 2.76. The van der Waals surface area contributed by atoms with Crippen LogP contribution in [0.15, 0.2) is 176 Å². The van der Waals surface area contributed by atoms with Crippen LogP contribution in [0.2, 0.25) is 0 Å². The zero-order valence-electron chi connectivity index (χ0n) is 60.0. The first-order valence-electron chi connectivity index (χ1n) is 34.6. The van der Waals surface area contributed by atoms with Gasteiger partial charge in [0.1, 0.15) is 0 Å². The molecule has 0 N–H and O–H groups in total. The van der Waals surface area contributed by atoms with Gasteiger partial charge in [-0.2, -0.15) is 0 Å². The van der Waals surface area contributed by atoms with E-state index in [1.165, 1.54) is 117 Å². The van der Waals surface area contributed by atoms with Crippen molar-refractivity contribution < 1.29 is 0 Å². The van der Waals surface area contributed by atoms with E-state index in [0.29, 0.717) is 0 Å². The van der Waals surface area contributed by atoms with Gasteiger partial charge >= 0.3 is 0 Å². The molecule has 0 fully saturated rings. The van der Waals surface area contributed by atoms with Gasteiger partial charge in [-0.3, -0.25) is 0 Å². The minimum absolute atomic E-state index is 0.00182. The molecule has 0 unspecified atom stereocenters. The molecule has 4 nitrogen and oxygen atoms in total. The molecule has 3 heterocycles. The Morgan fingerprint density at radius 3 is 1.27 bits per heavy atom. The van der Waals surface area contributed by atoms with E-state index >= 15 is 0 Å². The van der Waals surface area contributed by atoms with Gasteiger partial charge in [-0.25, -0.2) is 0 Å². The van der Waals surface area contributed by atoms with E-state index in [1.54, 1.807) is 0 Å². The van der Waals surface area contributed by atoms with Crippen LogP contribution in [-0.2, 0) is 43.3 Å². The van der Waals surface area contributed by atoms with Crippen LogP contribution in [0.25, 0.3) is 27.8 Å². The van der Waals surface area contributed by atoms with Crippen LogP contribution in [0.3, 0.4) is 0 Å². The molecule has 0 spiro atoms. The van der Waals surface area contributed by atoms with Gasteiger partial charge in [0.15, 0.2) is 0 Å². The van der Waals surface area contributed by atoms with E-state index in [1.807, 2.05) is 0 Å². The summed E-state index contributed by atoms with van der Waals surface area (Å²) in [4.78, 5) is 7.82. The van der Waals surface area contributed by atoms with E-state index < -0.39 is 0 Å². The molecule has 4 aliphatic rings. The van der Waals surface area contributed by atoms with E-state index in [4.69, 9.17) is 0 Å². The summed E-state index contributed by atoms with van der Waals surface area (Å²) in [6, 6.07) is 70.1. The lowest BCUT2D eigenvalue weighted by Crippen LogP contribution is -2.60. The van der Waals surface area contributed by atoms with Crippen molar-refractivity contribution in [2.24, 2.45) is 0 Å². The second kappa shape index (κ2) is 20.7. The van der Waals surface area contributed by atoms with Crippen molar-refractivity contribution in [3.63, 3.8) is 0 Å². The highest BCUT2D eigenvalue weighted by molar-refractivity contribution is 7.00. The number of rotatable bonds is 7. The quantitative estimate of drug-likeness (QED) is 0.148. The summed E-state index contributed by atoms with van der Waals surface area (Å²) >= 11 is 0. The molecule has 10 aromatic rings. The lowest BCUT2D eigenvalue weighted by atomic mass is 9.33. The van der Waals surface area contributed by atoms with Crippen molar-refractivity contribution in [3.8, 4) is 16.9 Å². The Balaban J connectivity index is 1.15. The molecule has 0 radical (unpaired) electrons. The van der Waals surface area contributed by atoms with Gasteiger partial charge in [0.25, 0.3) is 6.71 Å². The maximum Gasteiger partial charge on any atom is 0.252 e. The van der Waals surface area contributed by atoms with Gasteiger partial charge in [-0.05, 0) is 215 Å². The number of benzene rings is 9. The molecule has 0 saturated carbocycles. The summed E-state index contributed by atoms with van der Waals surface area (Å²) in [6.45, 7) is 52.2. The Bertz CT molecular complexity index is 4530. The van der Waals surface area contributed by atoms with E-state index in [2.05, 4.69) is 348 Å². The van der Waals surface area contributed by atoms with Crippen LogP contribution in [-0.4, -0.2) is 11.3 Å². The molecule has 2 aliphatic carbocycles. The first-order chi connectivity index (χ1) is 43.4. The zero-order chi connectivity index (χ0) is 66.4. The molecular formula is C88H99BN4. The first-order valence-corrected chi connectivity index (χ1v) is 34.6. The molecule has 5 heteroatoms. The standard InChI is InChI=1S/C88H99BN4/c1-54-47-69-70(87(19,20)46-45-86(69,17)18)53-73(54)92-74-50-64(90(60-35-27-55(28-36-60)81(2,3)4)61-37-29-56(30-38-61)82(5,6)7)43-44-71(74)89-72-49-59(85(14,15)16)48-67-77-80(66-25-23-24-26-68(66)88(77,21)22)93(79(67)72)76-52-65(51-75(92)78(76)89)91(62-39-31-57(32-40-62)83(8,9)10)63-41-33-58(34-42-63)84(11,12)13/h23-44,47-53H,45-46H2,1-22H3. The summed E-state index contributed by atoms with van der Waals surface area (Å²) in [5, 5.41) is 1.36. The number of hydrogen-bond donors (Lipinski definition) is 0. The predicted molar refractivity (Wildman–Crippen MR) is 403 cm³/mol. The fourth-order valence-electron chi connectivity index (χ4n) is 16.3. The van der Waals surface area contributed by atoms with Crippen LogP contribution in [0.4, 0.5) is 51.2 Å². The molecule has 0 amide bonds. The molecule has 2 aliphatic heterocycles. The van der Waals surface area contributed by atoms with Gasteiger partial charge in [0.2, 0.25) is 0 Å². The lowest BCUT2D eigenvalue weighted by molar-refractivity contribution is 0.332. The molecule has 0 atom stereocenters. The normalized spacial score (nSPS) is 16.0. The van der Waals surface area contributed by atoms with Gasteiger partial charge in [-0.15, -0.1) is 0 Å². The third kappa shape index (κ3) is 10.1. The SMILES string of the molecule is Cc1cc2c(cc1N1c3cc(N(c4ccc(C(C)(C)C)cc4)c4ccc(C(C)(C)C)cc4)ccc3B3c4c1cc(N(c1ccc(C(C)(C)C)cc1)c1ccc(C(C)(C)C)cc1)cc4-n1c4c(c5cc(C(C)(C)C)cc3c51)C(C)(C)c1ccccc1-4)C(C)(C)CCC2(C)C. The third-order valence-corrected chi connectivity index (χ3v) is 22.1. The molecule has 9 aromatic carbocycles. The smallest absolute Gasteiger partial charge is 0.252 e. The summed E-state index contributed by atoms with van der Waals surface area (Å²) in [5.41, 5.74) is 32.8. The van der Waals surface area contributed by atoms with Gasteiger partial charge < -0.3 is 19.3 Å². The third-order valence-electron chi connectivity index (χ3n) is 22.1. The van der Waals surface area contributed by atoms with E-state index in [9.17, 15) is 0 Å². The average Bonchev–Trinajstić information content (AvgIpc) is 1.57. The van der Waals surface area contributed by atoms with Crippen molar-refractivity contribution in [2.45, 2.75) is 208 Å². The molecule has 474 valence electrons. The number of fused-ring (bicyclic) bond motifs is 10. The minimum atomic E-state index is -0.265. The van der Waals surface area contributed by atoms with Crippen molar-refractivity contribution in [1.82, 2.24) is 4.57 Å². The molecule has 0 bridgehead atoms. The predicted octanol–water partition coefficient (Wildman–Crippen LogP) is 22.6. The van der Waals surface area contributed by atoms with Crippen LogP contribution in [0, 0.1) is 6.92 Å². The van der Waals surface area contributed by atoms with Gasteiger partial charge in [-0.1, -0.05) is 236 Å². The monoisotopic (exact) mass is 1220 g/mol. The number of aromatic nitrogens is 1. The van der Waals surface area contributed by atoms with Crippen molar-refractivity contribution >= 4 is 85.2 Å². The number of hydrogen-bond acceptors (Lipinski definition) is 3. The molecule has 1 aromatic heterocycles. The van der Waals surface area contributed by atoms with E-state index in [-0.39, 0.29) is 50.0 Å². The fourth-order valence-corrected chi connectivity index (χ4v) is 16.3. The van der Waals surface area contributed by atoms with Gasteiger partial charge in [0, 0.05) is 73.1 Å². The van der Waals surface area contributed by atoms with Crippen LogP contribution >= 0.6 is 0 Å². The van der Waals surface area contributed by atoms with Crippen molar-refractivity contribution in [2.75, 3.05) is 14.7 Å². The first kappa shape index (κ1) is 62.4. The van der Waals surface area contributed by atoms with Crippen molar-refractivity contribution in [1.29, 1.82) is 0 Å². The zero-order valence-corrected chi connectivity index (χ0v) is 60.0. The maximum absolute atomic E-state index is 2.76. The number of nitrogens with zero attached hydrogens (tertiary/aromatic N) is 4. The van der Waals surface area contributed by atoms with Crippen LogP contribution < -0.4 is 31.1 Å². The molecule has 14 rings (SSSR count). The Morgan fingerprint density at radius 1 is 0.376 bits per heavy atom. The minimum Gasteiger partial charge on any atom is -0.311 e. The Labute approximate surface area is 558 Å². The number of anilines is 9. The summed E-state index contributed by atoms with van der Waals surface area (Å²) in [6.07, 6.45) is 2.27. The second-order valence-corrected chi connectivity index (χ2v) is 35.2. The molecule has 0 saturated heterocycles. The van der Waals surface area contributed by atoms with Gasteiger partial charge in [0.05, 0.1) is 11.4 Å². The fraction of sp³-hybridized carbons (Fsp3) is 0.364. The second-order valence-electron chi connectivity index (χ2n) is 35.2. The van der Waals surface area contributed by atoms with Crippen LogP contribution in [0.5, 0.6) is 0 Å². The topological polar surface area (TPSA) is 14.7 Å². The highest BCUT2D eigenvalue weighted by atomic mass is 15.2. The largest absolute Gasteiger partial charge is 0.311 e. The number of aryl methyl sites for hydroxylation is 1. The highest BCUT2D eigenvalue weighted by Crippen LogP contribution is 2.57. The Hall–Kier alpha value is -8.02. The highest BCUT2D eigenvalue weighted by Gasteiger charge is 2.49. The maximum atomic E-state index is 2.76. The van der Waals surface area contributed by atoms with Crippen LogP contribution in [0.1, 0.15) is 214 Å². The Morgan fingerprint density at radius 2 is 0.796 bits per heavy atom. The summed E-state index contributed by atoms with van der Waals surface area (Å²) in [7, 11) is 0. The molecular weight excluding hydrogens is 1120 g/mol. The van der Waals surface area contributed by atoms with E-state index in [0.717, 1.165) is 47.0 Å². The Kier molecular flexibility index (Phi) is 13.9. The van der Waals surface area contributed by atoms with Crippen molar-refractivity contribution in [3.05, 3.63) is 232 Å². The lowest BCUT2D eigenvalue weighted by Gasteiger charge is -2.45. The average molecular weight is 1220 g/mol. The molecule has 93 heavy (non-hydrogen) atoms.